The molecule has 0 saturated heterocycles. The third kappa shape index (κ3) is 2.81. The second kappa shape index (κ2) is 7.27. The molecule has 3 rings (SSSR count). The van der Waals surface area contributed by atoms with Gasteiger partial charge in [0.2, 0.25) is 0 Å². The van der Waals surface area contributed by atoms with E-state index in [2.05, 4.69) is 38.9 Å². The molecule has 2 aliphatic carbocycles. The maximum absolute atomic E-state index is 5.92. The molecule has 1 aromatic carbocycles. The topological polar surface area (TPSA) is 21.3 Å². The molecule has 2 nitrogen and oxygen atoms in total. The fraction of sp³-hybridized carbons (Fsp3) is 0.600. The van der Waals surface area contributed by atoms with E-state index < -0.39 is 0 Å². The van der Waals surface area contributed by atoms with Gasteiger partial charge in [0.05, 0.1) is 7.11 Å². The number of hydrogen-bond donors (Lipinski definition) is 1. The van der Waals surface area contributed by atoms with Gasteiger partial charge in [-0.1, -0.05) is 31.9 Å². The monoisotopic (exact) mass is 335 g/mol. The summed E-state index contributed by atoms with van der Waals surface area (Å²) in [5, 5.41) is 3.60. The van der Waals surface area contributed by atoms with Crippen LogP contribution in [0.2, 0.25) is 0 Å². The van der Waals surface area contributed by atoms with Crippen molar-refractivity contribution in [2.24, 2.45) is 5.92 Å². The Morgan fingerprint density at radius 2 is 2.00 bits per heavy atom. The Morgan fingerprint density at radius 1 is 1.30 bits per heavy atom. The zero-order chi connectivity index (χ0) is 15.9. The van der Waals surface area contributed by atoms with Gasteiger partial charge in [0, 0.05) is 23.1 Å². The van der Waals surface area contributed by atoms with Crippen LogP contribution in [0.1, 0.15) is 72.7 Å². The van der Waals surface area contributed by atoms with E-state index in [1.54, 1.807) is 5.56 Å². The first-order valence-corrected chi connectivity index (χ1v) is 8.65. The van der Waals surface area contributed by atoms with E-state index in [-0.39, 0.29) is 12.4 Å². The summed E-state index contributed by atoms with van der Waals surface area (Å²) in [6, 6.07) is 2.78. The zero-order valence-corrected chi connectivity index (χ0v) is 15.6. The lowest BCUT2D eigenvalue weighted by molar-refractivity contribution is 0.269. The number of nitrogens with one attached hydrogen (secondary N) is 1. The molecular formula is C20H30ClNO. The van der Waals surface area contributed by atoms with Crippen molar-refractivity contribution in [3.05, 3.63) is 41.0 Å². The van der Waals surface area contributed by atoms with E-state index >= 15 is 0 Å². The van der Waals surface area contributed by atoms with E-state index in [1.807, 2.05) is 13.2 Å². The van der Waals surface area contributed by atoms with Crippen molar-refractivity contribution >= 4 is 12.4 Å². The molecule has 1 aromatic rings. The molecule has 4 atom stereocenters. The first kappa shape index (κ1) is 18.4. The molecule has 2 aliphatic rings. The summed E-state index contributed by atoms with van der Waals surface area (Å²) >= 11 is 0. The molecule has 0 amide bonds. The highest BCUT2D eigenvalue weighted by Gasteiger charge is 2.44. The Balaban J connectivity index is 0.00000192. The summed E-state index contributed by atoms with van der Waals surface area (Å²) < 4.78 is 5.92. The second-order valence-electron chi connectivity index (χ2n) is 6.99. The van der Waals surface area contributed by atoms with Gasteiger partial charge in [0.25, 0.3) is 0 Å². The lowest BCUT2D eigenvalue weighted by Crippen LogP contribution is -2.25. The van der Waals surface area contributed by atoms with Crippen molar-refractivity contribution in [2.75, 3.05) is 14.2 Å². The SMILES string of the molecule is C=CC(C)c1cc(C)c2c(c1OC)C(NC)C1CCCCC21.Cl. The van der Waals surface area contributed by atoms with Crippen LogP contribution in [0.4, 0.5) is 0 Å². The molecule has 1 fully saturated rings. The lowest BCUT2D eigenvalue weighted by Gasteiger charge is -2.29. The van der Waals surface area contributed by atoms with Gasteiger partial charge in [-0.05, 0) is 49.8 Å². The molecule has 0 bridgehead atoms. The third-order valence-corrected chi connectivity index (χ3v) is 5.88. The highest BCUT2D eigenvalue weighted by atomic mass is 35.5. The van der Waals surface area contributed by atoms with Gasteiger partial charge in [0.15, 0.2) is 0 Å². The van der Waals surface area contributed by atoms with Gasteiger partial charge in [-0.3, -0.25) is 0 Å². The minimum absolute atomic E-state index is 0. The summed E-state index contributed by atoms with van der Waals surface area (Å²) in [4.78, 5) is 0. The van der Waals surface area contributed by atoms with E-state index in [4.69, 9.17) is 4.74 Å². The average Bonchev–Trinajstić information content (AvgIpc) is 2.88. The van der Waals surface area contributed by atoms with Crippen LogP contribution < -0.4 is 10.1 Å². The van der Waals surface area contributed by atoms with Crippen molar-refractivity contribution in [1.29, 1.82) is 0 Å². The van der Waals surface area contributed by atoms with Gasteiger partial charge in [0.1, 0.15) is 5.75 Å². The molecule has 0 aromatic heterocycles. The van der Waals surface area contributed by atoms with E-state index in [1.165, 1.54) is 42.4 Å². The number of benzene rings is 1. The van der Waals surface area contributed by atoms with E-state index in [0.717, 1.165) is 11.7 Å². The average molecular weight is 336 g/mol. The van der Waals surface area contributed by atoms with E-state index in [0.29, 0.717) is 17.9 Å². The van der Waals surface area contributed by atoms with Crippen LogP contribution in [0, 0.1) is 12.8 Å². The Morgan fingerprint density at radius 3 is 2.61 bits per heavy atom. The quantitative estimate of drug-likeness (QED) is 0.757. The number of aryl methyl sites for hydroxylation is 1. The second-order valence-corrected chi connectivity index (χ2v) is 6.99. The van der Waals surface area contributed by atoms with Gasteiger partial charge in [-0.2, -0.15) is 0 Å². The highest BCUT2D eigenvalue weighted by molar-refractivity contribution is 5.85. The summed E-state index contributed by atoms with van der Waals surface area (Å²) in [6.07, 6.45) is 7.41. The number of allylic oxidation sites excluding steroid dienone is 1. The van der Waals surface area contributed by atoms with Gasteiger partial charge in [-0.25, -0.2) is 0 Å². The molecule has 0 aliphatic heterocycles. The normalized spacial score (nSPS) is 26.7. The van der Waals surface area contributed by atoms with Crippen LogP contribution in [-0.2, 0) is 0 Å². The number of hydrogen-bond acceptors (Lipinski definition) is 2. The fourth-order valence-corrected chi connectivity index (χ4v) is 4.85. The Bertz CT molecular complexity index is 583. The largest absolute Gasteiger partial charge is 0.496 e. The van der Waals surface area contributed by atoms with Gasteiger partial charge >= 0.3 is 0 Å². The molecule has 1 N–H and O–H groups in total. The minimum atomic E-state index is 0. The van der Waals surface area contributed by atoms with Crippen molar-refractivity contribution < 1.29 is 4.74 Å². The maximum atomic E-state index is 5.92. The minimum Gasteiger partial charge on any atom is -0.496 e. The summed E-state index contributed by atoms with van der Waals surface area (Å²) in [6.45, 7) is 8.46. The third-order valence-electron chi connectivity index (χ3n) is 5.88. The number of fused-ring (bicyclic) bond motifs is 3. The lowest BCUT2D eigenvalue weighted by atomic mass is 9.77. The molecule has 0 spiro atoms. The fourth-order valence-electron chi connectivity index (χ4n) is 4.85. The van der Waals surface area contributed by atoms with Crippen LogP contribution >= 0.6 is 12.4 Å². The Kier molecular flexibility index (Phi) is 5.80. The number of rotatable bonds is 4. The predicted octanol–water partition coefficient (Wildman–Crippen LogP) is 5.26. The molecule has 0 heterocycles. The van der Waals surface area contributed by atoms with Crippen LogP contribution in [0.15, 0.2) is 18.7 Å². The van der Waals surface area contributed by atoms with Crippen molar-refractivity contribution in [3.63, 3.8) is 0 Å². The van der Waals surface area contributed by atoms with Crippen molar-refractivity contribution in [1.82, 2.24) is 5.32 Å². The zero-order valence-electron chi connectivity index (χ0n) is 14.8. The maximum Gasteiger partial charge on any atom is 0.127 e. The van der Waals surface area contributed by atoms with Gasteiger partial charge in [-0.15, -0.1) is 19.0 Å². The molecule has 4 unspecified atom stereocenters. The predicted molar refractivity (Wildman–Crippen MR) is 100 cm³/mol. The summed E-state index contributed by atoms with van der Waals surface area (Å²) in [5.74, 6) is 2.86. The number of methoxy groups -OCH3 is 1. The molecule has 1 saturated carbocycles. The first-order chi connectivity index (χ1) is 10.6. The first-order valence-electron chi connectivity index (χ1n) is 8.65. The molecule has 3 heteroatoms. The van der Waals surface area contributed by atoms with Crippen molar-refractivity contribution in [2.45, 2.75) is 57.4 Å². The molecule has 23 heavy (non-hydrogen) atoms. The van der Waals surface area contributed by atoms with Crippen molar-refractivity contribution in [3.8, 4) is 5.75 Å². The summed E-state index contributed by atoms with van der Waals surface area (Å²) in [5.41, 5.74) is 5.73. The standard InChI is InChI=1S/C20H29NO.ClH/c1-6-12(2)16-11-13(3)17-14-9-7-8-10-15(14)19(21-4)18(17)20(16)22-5;/h6,11-12,14-15,19,21H,1,7-10H2,2-5H3;1H. The highest BCUT2D eigenvalue weighted by Crippen LogP contribution is 2.56. The van der Waals surface area contributed by atoms with Gasteiger partial charge < -0.3 is 10.1 Å². The number of ether oxygens (including phenoxy) is 1. The summed E-state index contributed by atoms with van der Waals surface area (Å²) in [7, 11) is 3.92. The Hall–Kier alpha value is -0.990. The van der Waals surface area contributed by atoms with Crippen LogP contribution in [0.5, 0.6) is 5.75 Å². The number of halogens is 1. The molecule has 0 radical (unpaired) electrons. The van der Waals surface area contributed by atoms with Crippen LogP contribution in [0.25, 0.3) is 0 Å². The van der Waals surface area contributed by atoms with Crippen LogP contribution in [0.3, 0.4) is 0 Å². The van der Waals surface area contributed by atoms with E-state index in [9.17, 15) is 0 Å². The molecular weight excluding hydrogens is 306 g/mol. The Labute approximate surface area is 147 Å². The molecule has 128 valence electrons. The van der Waals surface area contributed by atoms with Crippen LogP contribution in [-0.4, -0.2) is 14.2 Å². The smallest absolute Gasteiger partial charge is 0.127 e.